The Bertz CT molecular complexity index is 1550. The van der Waals surface area contributed by atoms with Gasteiger partial charge in [0.15, 0.2) is 0 Å². The molecular weight excluding hydrogens is 594 g/mol. The SMILES string of the molecule is CC[C@H](C(=O)NC1CCCC1)N(Cc1ccc(OC)cc1)C(=O)CN(c1cc(OC)ccc1OC)S(=O)(=O)c1ccc(C)cc1. The summed E-state index contributed by atoms with van der Waals surface area (Å²) in [6, 6.07) is 17.6. The van der Waals surface area contributed by atoms with Gasteiger partial charge in [-0.05, 0) is 68.1 Å². The normalized spacial score (nSPS) is 14.0. The predicted octanol–water partition coefficient (Wildman–Crippen LogP) is 5.08. The number of hydrogen-bond acceptors (Lipinski definition) is 7. The highest BCUT2D eigenvalue weighted by Crippen LogP contribution is 2.36. The molecular formula is C34H43N3O7S. The summed E-state index contributed by atoms with van der Waals surface area (Å²) in [4.78, 5) is 29.6. The molecule has 1 saturated carbocycles. The number of nitrogens with one attached hydrogen (secondary N) is 1. The monoisotopic (exact) mass is 637 g/mol. The zero-order chi connectivity index (χ0) is 32.6. The summed E-state index contributed by atoms with van der Waals surface area (Å²) in [7, 11) is 0.198. The maximum atomic E-state index is 14.4. The lowest BCUT2D eigenvalue weighted by Gasteiger charge is -2.34. The highest BCUT2D eigenvalue weighted by molar-refractivity contribution is 7.92. The lowest BCUT2D eigenvalue weighted by Crippen LogP contribution is -2.53. The van der Waals surface area contributed by atoms with Gasteiger partial charge in [-0.25, -0.2) is 8.42 Å². The Kier molecular flexibility index (Phi) is 11.3. The van der Waals surface area contributed by atoms with Gasteiger partial charge in [0, 0.05) is 18.7 Å². The number of methoxy groups -OCH3 is 3. The van der Waals surface area contributed by atoms with E-state index >= 15 is 0 Å². The molecule has 0 saturated heterocycles. The second kappa shape index (κ2) is 15.2. The summed E-state index contributed by atoms with van der Waals surface area (Å²) in [5.74, 6) is 0.493. The fraction of sp³-hybridized carbons (Fsp3) is 0.412. The number of carbonyl (C=O) groups excluding carboxylic acids is 2. The van der Waals surface area contributed by atoms with Crippen molar-refractivity contribution in [1.82, 2.24) is 10.2 Å². The number of aryl methyl sites for hydroxylation is 1. The molecule has 0 spiro atoms. The average molecular weight is 638 g/mol. The number of hydrogen-bond donors (Lipinski definition) is 1. The first-order valence-corrected chi connectivity index (χ1v) is 16.6. The summed E-state index contributed by atoms with van der Waals surface area (Å²) in [5.41, 5.74) is 1.79. The van der Waals surface area contributed by atoms with Crippen LogP contribution in [-0.2, 0) is 26.2 Å². The third-order valence-electron chi connectivity index (χ3n) is 8.14. The Labute approximate surface area is 266 Å². The number of rotatable bonds is 14. The number of benzene rings is 3. The first-order chi connectivity index (χ1) is 21.6. The van der Waals surface area contributed by atoms with E-state index in [2.05, 4.69) is 5.32 Å². The van der Waals surface area contributed by atoms with Crippen molar-refractivity contribution < 1.29 is 32.2 Å². The summed E-state index contributed by atoms with van der Waals surface area (Å²) < 4.78 is 45.8. The molecule has 0 unspecified atom stereocenters. The van der Waals surface area contributed by atoms with Gasteiger partial charge in [0.05, 0.1) is 31.9 Å². The summed E-state index contributed by atoms with van der Waals surface area (Å²) >= 11 is 0. The first kappa shape index (κ1) is 33.6. The van der Waals surface area contributed by atoms with E-state index in [1.54, 1.807) is 43.5 Å². The second-order valence-corrected chi connectivity index (χ2v) is 13.0. The lowest BCUT2D eigenvalue weighted by molar-refractivity contribution is -0.140. The van der Waals surface area contributed by atoms with Gasteiger partial charge in [0.2, 0.25) is 11.8 Å². The predicted molar refractivity (Wildman–Crippen MR) is 173 cm³/mol. The standard InChI is InChI=1S/C34H43N3O7S/c1-6-30(34(39)35-26-9-7-8-10-26)36(22-25-13-15-27(42-3)16-14-25)33(38)23-37(31-21-28(43-4)17-20-32(31)44-5)45(40,41)29-18-11-24(2)12-19-29/h11-21,26,30H,6-10,22-23H2,1-5H3,(H,35,39)/t30-/m1/s1. The van der Waals surface area contributed by atoms with Crippen LogP contribution in [0, 0.1) is 6.92 Å². The second-order valence-electron chi connectivity index (χ2n) is 11.1. The molecule has 1 fully saturated rings. The molecule has 3 aromatic rings. The Morgan fingerprint density at radius 1 is 0.889 bits per heavy atom. The van der Waals surface area contributed by atoms with Crippen LogP contribution in [-0.4, -0.2) is 65.1 Å². The Hall–Kier alpha value is -4.25. The van der Waals surface area contributed by atoms with Crippen LogP contribution in [0.15, 0.2) is 71.6 Å². The van der Waals surface area contributed by atoms with E-state index in [1.165, 1.54) is 37.3 Å². The van der Waals surface area contributed by atoms with Gasteiger partial charge in [-0.1, -0.05) is 49.6 Å². The third kappa shape index (κ3) is 8.08. The summed E-state index contributed by atoms with van der Waals surface area (Å²) in [5, 5.41) is 3.13. The maximum Gasteiger partial charge on any atom is 0.264 e. The van der Waals surface area contributed by atoms with E-state index in [1.807, 2.05) is 26.0 Å². The van der Waals surface area contributed by atoms with Crippen molar-refractivity contribution in [2.75, 3.05) is 32.2 Å². The minimum atomic E-state index is -4.28. The fourth-order valence-corrected chi connectivity index (χ4v) is 6.97. The van der Waals surface area contributed by atoms with Crippen LogP contribution in [0.5, 0.6) is 17.2 Å². The fourth-order valence-electron chi connectivity index (χ4n) is 5.56. The molecule has 0 heterocycles. The molecule has 1 aliphatic carbocycles. The zero-order valence-electron chi connectivity index (χ0n) is 26.6. The molecule has 3 aromatic carbocycles. The van der Waals surface area contributed by atoms with E-state index in [-0.39, 0.29) is 34.8 Å². The molecule has 0 bridgehead atoms. The van der Waals surface area contributed by atoms with Gasteiger partial charge in [0.1, 0.15) is 29.8 Å². The number of ether oxygens (including phenoxy) is 3. The van der Waals surface area contributed by atoms with Gasteiger partial charge in [-0.15, -0.1) is 0 Å². The number of sulfonamides is 1. The lowest BCUT2D eigenvalue weighted by atomic mass is 10.1. The van der Waals surface area contributed by atoms with Crippen LogP contribution in [0.1, 0.15) is 50.2 Å². The van der Waals surface area contributed by atoms with E-state index in [9.17, 15) is 18.0 Å². The van der Waals surface area contributed by atoms with Crippen molar-refractivity contribution in [3.8, 4) is 17.2 Å². The molecule has 1 N–H and O–H groups in total. The molecule has 2 amide bonds. The molecule has 0 aromatic heterocycles. The highest BCUT2D eigenvalue weighted by Gasteiger charge is 2.35. The molecule has 1 atom stereocenters. The largest absolute Gasteiger partial charge is 0.497 e. The average Bonchev–Trinajstić information content (AvgIpc) is 3.56. The quantitative estimate of drug-likeness (QED) is 0.262. The number of carbonyl (C=O) groups is 2. The van der Waals surface area contributed by atoms with Crippen LogP contribution in [0.25, 0.3) is 0 Å². The smallest absolute Gasteiger partial charge is 0.264 e. The molecule has 242 valence electrons. The van der Waals surface area contributed by atoms with E-state index in [0.29, 0.717) is 17.9 Å². The molecule has 4 rings (SSSR count). The van der Waals surface area contributed by atoms with E-state index in [0.717, 1.165) is 41.1 Å². The first-order valence-electron chi connectivity index (χ1n) is 15.2. The van der Waals surface area contributed by atoms with Gasteiger partial charge >= 0.3 is 0 Å². The van der Waals surface area contributed by atoms with E-state index < -0.39 is 28.5 Å². The molecule has 10 nitrogen and oxygen atoms in total. The minimum Gasteiger partial charge on any atom is -0.497 e. The summed E-state index contributed by atoms with van der Waals surface area (Å²) in [6.45, 7) is 3.22. The van der Waals surface area contributed by atoms with Crippen LogP contribution in [0.3, 0.4) is 0 Å². The van der Waals surface area contributed by atoms with Crippen LogP contribution in [0.2, 0.25) is 0 Å². The molecule has 1 aliphatic rings. The Morgan fingerprint density at radius 2 is 1.51 bits per heavy atom. The van der Waals surface area contributed by atoms with Crippen molar-refractivity contribution in [3.63, 3.8) is 0 Å². The van der Waals surface area contributed by atoms with Crippen LogP contribution < -0.4 is 23.8 Å². The maximum absolute atomic E-state index is 14.4. The number of anilines is 1. The Balaban J connectivity index is 1.78. The molecule has 0 aliphatic heterocycles. The van der Waals surface area contributed by atoms with E-state index in [4.69, 9.17) is 14.2 Å². The van der Waals surface area contributed by atoms with Gasteiger partial charge < -0.3 is 24.4 Å². The zero-order valence-corrected chi connectivity index (χ0v) is 27.4. The number of amides is 2. The van der Waals surface area contributed by atoms with Crippen molar-refractivity contribution in [1.29, 1.82) is 0 Å². The molecule has 45 heavy (non-hydrogen) atoms. The minimum absolute atomic E-state index is 0.0125. The van der Waals surface area contributed by atoms with Crippen molar-refractivity contribution in [2.24, 2.45) is 0 Å². The highest BCUT2D eigenvalue weighted by atomic mass is 32.2. The van der Waals surface area contributed by atoms with Crippen molar-refractivity contribution >= 4 is 27.5 Å². The van der Waals surface area contributed by atoms with Crippen LogP contribution >= 0.6 is 0 Å². The number of nitrogens with zero attached hydrogens (tertiary/aromatic N) is 2. The van der Waals surface area contributed by atoms with Gasteiger partial charge in [-0.2, -0.15) is 0 Å². The topological polar surface area (TPSA) is 114 Å². The Morgan fingerprint density at radius 3 is 2.09 bits per heavy atom. The van der Waals surface area contributed by atoms with Crippen molar-refractivity contribution in [2.45, 2.75) is 69.5 Å². The van der Waals surface area contributed by atoms with Crippen molar-refractivity contribution in [3.05, 3.63) is 77.9 Å². The van der Waals surface area contributed by atoms with Crippen LogP contribution in [0.4, 0.5) is 5.69 Å². The molecule has 11 heteroatoms. The third-order valence-corrected chi connectivity index (χ3v) is 9.92. The molecule has 0 radical (unpaired) electrons. The van der Waals surface area contributed by atoms with Gasteiger partial charge in [0.25, 0.3) is 10.0 Å². The van der Waals surface area contributed by atoms with Gasteiger partial charge in [-0.3, -0.25) is 13.9 Å². The summed E-state index contributed by atoms with van der Waals surface area (Å²) in [6.07, 6.45) is 4.22.